The van der Waals surface area contributed by atoms with Crippen LogP contribution < -0.4 is 5.32 Å². The van der Waals surface area contributed by atoms with Gasteiger partial charge in [-0.05, 0) is 19.9 Å². The van der Waals surface area contributed by atoms with Crippen LogP contribution in [0.3, 0.4) is 0 Å². The van der Waals surface area contributed by atoms with Crippen LogP contribution in [0.1, 0.15) is 35.1 Å². The van der Waals surface area contributed by atoms with Crippen molar-refractivity contribution >= 4 is 11.9 Å². The van der Waals surface area contributed by atoms with Gasteiger partial charge in [0.05, 0.1) is 12.2 Å². The Kier molecular flexibility index (Phi) is 4.92. The zero-order valence-electron chi connectivity index (χ0n) is 12.6. The summed E-state index contributed by atoms with van der Waals surface area (Å²) in [6.07, 6.45) is 3.48. The van der Waals surface area contributed by atoms with Crippen molar-refractivity contribution in [2.45, 2.75) is 39.9 Å². The molecule has 0 aliphatic carbocycles. The van der Waals surface area contributed by atoms with E-state index in [-0.39, 0.29) is 24.6 Å². The van der Waals surface area contributed by atoms with E-state index in [9.17, 15) is 9.59 Å². The largest absolute Gasteiger partial charge is 0.477 e. The minimum Gasteiger partial charge on any atom is -0.477 e. The first-order valence-corrected chi connectivity index (χ1v) is 7.06. The average molecular weight is 305 g/mol. The third-order valence-corrected chi connectivity index (χ3v) is 3.33. The molecule has 118 valence electrons. The molecule has 0 saturated carbocycles. The molecule has 2 aromatic rings. The summed E-state index contributed by atoms with van der Waals surface area (Å²) in [5.74, 6) is -1.21. The third-order valence-electron chi connectivity index (χ3n) is 3.33. The number of nitrogens with zero attached hydrogens (tertiary/aromatic N) is 4. The first-order valence-electron chi connectivity index (χ1n) is 7.06. The number of aromatic nitrogens is 4. The van der Waals surface area contributed by atoms with Crippen molar-refractivity contribution in [1.82, 2.24) is 24.9 Å². The Morgan fingerprint density at radius 3 is 2.82 bits per heavy atom. The number of hydrogen-bond acceptors (Lipinski definition) is 4. The lowest BCUT2D eigenvalue weighted by Crippen LogP contribution is -2.25. The number of hydrogen-bond donors (Lipinski definition) is 2. The zero-order chi connectivity index (χ0) is 16.1. The van der Waals surface area contributed by atoms with Crippen molar-refractivity contribution in [2.24, 2.45) is 0 Å². The predicted octanol–water partition coefficient (Wildman–Crippen LogP) is 0.813. The molecule has 2 rings (SSSR count). The lowest BCUT2D eigenvalue weighted by Gasteiger charge is -2.06. The molecule has 0 aliphatic rings. The second-order valence-electron chi connectivity index (χ2n) is 4.87. The fourth-order valence-electron chi connectivity index (χ4n) is 2.08. The van der Waals surface area contributed by atoms with Crippen LogP contribution in [-0.2, 0) is 24.4 Å². The van der Waals surface area contributed by atoms with Gasteiger partial charge in [-0.1, -0.05) is 0 Å². The SMILES string of the molecule is CCn1cc(CNC(=O)CCn2nccc2C(=O)O)c(C)n1. The third kappa shape index (κ3) is 3.72. The van der Waals surface area contributed by atoms with Crippen molar-refractivity contribution < 1.29 is 14.7 Å². The molecular weight excluding hydrogens is 286 g/mol. The Bertz CT molecular complexity index is 674. The van der Waals surface area contributed by atoms with E-state index >= 15 is 0 Å². The number of carboxylic acid groups (broad SMARTS) is 1. The Morgan fingerprint density at radius 1 is 1.41 bits per heavy atom. The quantitative estimate of drug-likeness (QED) is 0.788. The van der Waals surface area contributed by atoms with Gasteiger partial charge in [0, 0.05) is 37.5 Å². The molecule has 0 saturated heterocycles. The van der Waals surface area contributed by atoms with Crippen LogP contribution in [0.5, 0.6) is 0 Å². The lowest BCUT2D eigenvalue weighted by molar-refractivity contribution is -0.121. The normalized spacial score (nSPS) is 10.6. The van der Waals surface area contributed by atoms with Crippen LogP contribution in [0.2, 0.25) is 0 Å². The standard InChI is InChI=1S/C14H19N5O3/c1-3-18-9-11(10(2)17-18)8-15-13(20)5-7-19-12(14(21)22)4-6-16-19/h4,6,9H,3,5,7-8H2,1-2H3,(H,15,20)(H,21,22). The molecule has 1 amide bonds. The molecule has 0 aromatic carbocycles. The summed E-state index contributed by atoms with van der Waals surface area (Å²) in [6, 6.07) is 1.41. The molecule has 0 spiro atoms. The molecule has 0 fully saturated rings. The fourth-order valence-corrected chi connectivity index (χ4v) is 2.08. The minimum atomic E-state index is -1.06. The maximum Gasteiger partial charge on any atom is 0.354 e. The van der Waals surface area contributed by atoms with Crippen LogP contribution >= 0.6 is 0 Å². The van der Waals surface area contributed by atoms with Gasteiger partial charge in [-0.25, -0.2) is 4.79 Å². The van der Waals surface area contributed by atoms with E-state index in [1.54, 1.807) is 0 Å². The summed E-state index contributed by atoms with van der Waals surface area (Å²) >= 11 is 0. The summed E-state index contributed by atoms with van der Waals surface area (Å²) in [4.78, 5) is 22.8. The van der Waals surface area contributed by atoms with Crippen LogP contribution in [0.25, 0.3) is 0 Å². The number of nitrogens with one attached hydrogen (secondary N) is 1. The first-order chi connectivity index (χ1) is 10.5. The van der Waals surface area contributed by atoms with Crippen LogP contribution in [-0.4, -0.2) is 36.5 Å². The Labute approximate surface area is 127 Å². The second kappa shape index (κ2) is 6.88. The molecule has 8 nitrogen and oxygen atoms in total. The van der Waals surface area contributed by atoms with Gasteiger partial charge in [0.1, 0.15) is 5.69 Å². The van der Waals surface area contributed by atoms with E-state index < -0.39 is 5.97 Å². The average Bonchev–Trinajstić information content (AvgIpc) is 3.09. The predicted molar refractivity (Wildman–Crippen MR) is 78.3 cm³/mol. The lowest BCUT2D eigenvalue weighted by atomic mass is 10.2. The van der Waals surface area contributed by atoms with Crippen LogP contribution in [0.4, 0.5) is 0 Å². The molecule has 2 aromatic heterocycles. The summed E-state index contributed by atoms with van der Waals surface area (Å²) in [6.45, 7) is 5.32. The highest BCUT2D eigenvalue weighted by Crippen LogP contribution is 2.05. The zero-order valence-corrected chi connectivity index (χ0v) is 12.6. The Hall–Kier alpha value is -2.64. The molecule has 0 bridgehead atoms. The van der Waals surface area contributed by atoms with Gasteiger partial charge >= 0.3 is 5.97 Å². The molecule has 2 N–H and O–H groups in total. The van der Waals surface area contributed by atoms with Gasteiger partial charge in [0.15, 0.2) is 0 Å². The number of aromatic carboxylic acids is 1. The smallest absolute Gasteiger partial charge is 0.354 e. The second-order valence-corrected chi connectivity index (χ2v) is 4.87. The van der Waals surface area contributed by atoms with Crippen LogP contribution in [0, 0.1) is 6.92 Å². The van der Waals surface area contributed by atoms with Gasteiger partial charge in [0.2, 0.25) is 5.91 Å². The molecule has 0 atom stereocenters. The van der Waals surface area contributed by atoms with Crippen LogP contribution in [0.15, 0.2) is 18.5 Å². The van der Waals surface area contributed by atoms with Gasteiger partial charge in [-0.2, -0.15) is 10.2 Å². The number of amides is 1. The van der Waals surface area contributed by atoms with Gasteiger partial charge < -0.3 is 10.4 Å². The van der Waals surface area contributed by atoms with Crippen molar-refractivity contribution in [1.29, 1.82) is 0 Å². The van der Waals surface area contributed by atoms with Crippen molar-refractivity contribution in [3.63, 3.8) is 0 Å². The van der Waals surface area contributed by atoms with E-state index in [0.717, 1.165) is 17.8 Å². The highest BCUT2D eigenvalue weighted by Gasteiger charge is 2.12. The van der Waals surface area contributed by atoms with E-state index in [2.05, 4.69) is 15.5 Å². The topological polar surface area (TPSA) is 102 Å². The number of carboxylic acids is 1. The molecule has 0 aliphatic heterocycles. The monoisotopic (exact) mass is 305 g/mol. The van der Waals surface area contributed by atoms with E-state index in [4.69, 9.17) is 5.11 Å². The number of carbonyl (C=O) groups excluding carboxylic acids is 1. The van der Waals surface area contributed by atoms with E-state index in [1.807, 2.05) is 24.7 Å². The minimum absolute atomic E-state index is 0.0767. The van der Waals surface area contributed by atoms with Gasteiger partial charge in [-0.15, -0.1) is 0 Å². The highest BCUT2D eigenvalue weighted by atomic mass is 16.4. The van der Waals surface area contributed by atoms with Crippen molar-refractivity contribution in [3.8, 4) is 0 Å². The molecule has 8 heteroatoms. The molecule has 0 unspecified atom stereocenters. The Morgan fingerprint density at radius 2 is 2.18 bits per heavy atom. The molecule has 22 heavy (non-hydrogen) atoms. The molecular formula is C14H19N5O3. The summed E-state index contributed by atoms with van der Waals surface area (Å²) in [5, 5.41) is 20.0. The molecule has 0 radical (unpaired) electrons. The number of rotatable bonds is 7. The maximum atomic E-state index is 11.9. The summed E-state index contributed by atoms with van der Waals surface area (Å²) in [7, 11) is 0. The first kappa shape index (κ1) is 15.7. The van der Waals surface area contributed by atoms with E-state index in [1.165, 1.54) is 16.9 Å². The summed E-state index contributed by atoms with van der Waals surface area (Å²) in [5.41, 5.74) is 1.94. The maximum absolute atomic E-state index is 11.9. The van der Waals surface area contributed by atoms with Crippen molar-refractivity contribution in [3.05, 3.63) is 35.4 Å². The highest BCUT2D eigenvalue weighted by molar-refractivity contribution is 5.85. The van der Waals surface area contributed by atoms with Gasteiger partial charge in [0.25, 0.3) is 0 Å². The van der Waals surface area contributed by atoms with Crippen molar-refractivity contribution in [2.75, 3.05) is 0 Å². The van der Waals surface area contributed by atoms with E-state index in [0.29, 0.717) is 6.54 Å². The molecule has 2 heterocycles. The number of aryl methyl sites for hydroxylation is 3. The van der Waals surface area contributed by atoms with Gasteiger partial charge in [-0.3, -0.25) is 14.2 Å². The summed E-state index contributed by atoms with van der Waals surface area (Å²) < 4.78 is 3.13. The number of carbonyl (C=O) groups is 2. The fraction of sp³-hybridized carbons (Fsp3) is 0.429. The Balaban J connectivity index is 1.84.